The number of hydrogen-bond acceptors (Lipinski definition) is 6. The summed E-state index contributed by atoms with van der Waals surface area (Å²) >= 11 is 1.63. The SMILES string of the molecule is Cc1csc(N2CCCN(C(=O)c3cccc(S(=O)(=O)N4CCCCC4C)c3)CC2)n1. The first kappa shape index (κ1) is 22.2. The highest BCUT2D eigenvalue weighted by Crippen LogP contribution is 2.26. The third kappa shape index (κ3) is 4.78. The van der Waals surface area contributed by atoms with Gasteiger partial charge in [0.25, 0.3) is 5.91 Å². The molecule has 2 aliphatic heterocycles. The van der Waals surface area contributed by atoms with Gasteiger partial charge in [-0.15, -0.1) is 11.3 Å². The minimum absolute atomic E-state index is 0.0100. The summed E-state index contributed by atoms with van der Waals surface area (Å²) in [6.45, 7) is 7.31. The molecular weight excluding hydrogens is 432 g/mol. The molecule has 2 saturated heterocycles. The van der Waals surface area contributed by atoms with Gasteiger partial charge in [-0.05, 0) is 51.3 Å². The van der Waals surface area contributed by atoms with Crippen LogP contribution >= 0.6 is 11.3 Å². The van der Waals surface area contributed by atoms with Gasteiger partial charge in [0.15, 0.2) is 5.13 Å². The fourth-order valence-corrected chi connectivity index (χ4v) is 6.94. The molecule has 3 heterocycles. The van der Waals surface area contributed by atoms with Crippen LogP contribution < -0.4 is 4.90 Å². The maximum Gasteiger partial charge on any atom is 0.253 e. The largest absolute Gasteiger partial charge is 0.346 e. The lowest BCUT2D eigenvalue weighted by atomic mass is 10.1. The number of hydrogen-bond donors (Lipinski definition) is 0. The van der Waals surface area contributed by atoms with Gasteiger partial charge in [0, 0.05) is 49.7 Å². The Labute approximate surface area is 188 Å². The normalized spacial score (nSPS) is 21.2. The molecule has 1 aromatic carbocycles. The van der Waals surface area contributed by atoms with Crippen molar-refractivity contribution in [1.82, 2.24) is 14.2 Å². The van der Waals surface area contributed by atoms with Crippen LogP contribution in [0, 0.1) is 6.92 Å². The zero-order valence-corrected chi connectivity index (χ0v) is 19.8. The van der Waals surface area contributed by atoms with Crippen LogP contribution in [0.5, 0.6) is 0 Å². The van der Waals surface area contributed by atoms with Crippen LogP contribution in [-0.4, -0.2) is 67.3 Å². The molecule has 168 valence electrons. The van der Waals surface area contributed by atoms with E-state index in [0.717, 1.165) is 49.6 Å². The summed E-state index contributed by atoms with van der Waals surface area (Å²) in [6.07, 6.45) is 3.66. The standard InChI is InChI=1S/C22H30N4O3S2/c1-17-16-30-22(23-17)25-11-6-10-24(13-14-25)21(27)19-8-5-9-20(15-19)31(28,29)26-12-4-3-7-18(26)2/h5,8-9,15-16,18H,3-4,6-7,10-14H2,1-2H3. The highest BCUT2D eigenvalue weighted by atomic mass is 32.2. The van der Waals surface area contributed by atoms with E-state index in [2.05, 4.69) is 9.88 Å². The molecule has 4 rings (SSSR count). The van der Waals surface area contributed by atoms with Gasteiger partial charge in [-0.25, -0.2) is 13.4 Å². The number of thiazole rings is 1. The van der Waals surface area contributed by atoms with Crippen LogP contribution in [-0.2, 0) is 10.0 Å². The number of carbonyl (C=O) groups is 1. The minimum atomic E-state index is -3.60. The number of aryl methyl sites for hydroxylation is 1. The molecule has 0 saturated carbocycles. The van der Waals surface area contributed by atoms with Gasteiger partial charge in [-0.3, -0.25) is 4.79 Å². The minimum Gasteiger partial charge on any atom is -0.346 e. The molecular formula is C22H30N4O3S2. The average molecular weight is 463 g/mol. The number of nitrogens with zero attached hydrogens (tertiary/aromatic N) is 4. The van der Waals surface area contributed by atoms with E-state index in [4.69, 9.17) is 0 Å². The number of piperidine rings is 1. The highest BCUT2D eigenvalue weighted by Gasteiger charge is 2.31. The molecule has 9 heteroatoms. The van der Waals surface area contributed by atoms with Gasteiger partial charge in [-0.1, -0.05) is 12.5 Å². The van der Waals surface area contributed by atoms with E-state index in [1.54, 1.807) is 39.9 Å². The van der Waals surface area contributed by atoms with Crippen molar-refractivity contribution in [3.8, 4) is 0 Å². The van der Waals surface area contributed by atoms with E-state index >= 15 is 0 Å². The van der Waals surface area contributed by atoms with Gasteiger partial charge >= 0.3 is 0 Å². The second-order valence-electron chi connectivity index (χ2n) is 8.39. The maximum atomic E-state index is 13.2. The van der Waals surface area contributed by atoms with Gasteiger partial charge in [0.1, 0.15) is 0 Å². The molecule has 7 nitrogen and oxygen atoms in total. The van der Waals surface area contributed by atoms with Crippen molar-refractivity contribution in [1.29, 1.82) is 0 Å². The van der Waals surface area contributed by atoms with E-state index in [1.807, 2.05) is 24.1 Å². The Morgan fingerprint density at radius 2 is 1.94 bits per heavy atom. The molecule has 2 aliphatic rings. The molecule has 0 N–H and O–H groups in total. The van der Waals surface area contributed by atoms with Gasteiger partial charge < -0.3 is 9.80 Å². The molecule has 1 aromatic heterocycles. The second kappa shape index (κ2) is 9.26. The molecule has 0 radical (unpaired) electrons. The first-order valence-corrected chi connectivity index (χ1v) is 13.3. The molecule has 1 unspecified atom stereocenters. The Morgan fingerprint density at radius 1 is 1.10 bits per heavy atom. The van der Waals surface area contributed by atoms with Crippen molar-refractivity contribution < 1.29 is 13.2 Å². The topological polar surface area (TPSA) is 73.8 Å². The van der Waals surface area contributed by atoms with Crippen molar-refractivity contribution in [3.05, 3.63) is 40.9 Å². The summed E-state index contributed by atoms with van der Waals surface area (Å²) in [5, 5.41) is 3.04. The lowest BCUT2D eigenvalue weighted by Gasteiger charge is -2.32. The summed E-state index contributed by atoms with van der Waals surface area (Å²) in [5.74, 6) is -0.110. The lowest BCUT2D eigenvalue weighted by molar-refractivity contribution is 0.0766. The Kier molecular flexibility index (Phi) is 6.64. The number of rotatable bonds is 4. The summed E-state index contributed by atoms with van der Waals surface area (Å²) in [7, 11) is -3.60. The van der Waals surface area contributed by atoms with Crippen molar-refractivity contribution >= 4 is 32.4 Å². The number of anilines is 1. The van der Waals surface area contributed by atoms with Gasteiger partial charge in [0.2, 0.25) is 10.0 Å². The third-order valence-corrected chi connectivity index (χ3v) is 9.12. The quantitative estimate of drug-likeness (QED) is 0.697. The third-order valence-electron chi connectivity index (χ3n) is 6.09. The van der Waals surface area contributed by atoms with Gasteiger partial charge in [-0.2, -0.15) is 4.31 Å². The number of aromatic nitrogens is 1. The monoisotopic (exact) mass is 462 g/mol. The molecule has 2 fully saturated rings. The summed E-state index contributed by atoms with van der Waals surface area (Å²) < 4.78 is 28.0. The first-order valence-electron chi connectivity index (χ1n) is 10.9. The molecule has 1 amide bonds. The summed E-state index contributed by atoms with van der Waals surface area (Å²) in [4.78, 5) is 22.0. The Bertz CT molecular complexity index is 1040. The predicted octanol–water partition coefficient (Wildman–Crippen LogP) is 3.37. The molecule has 1 atom stereocenters. The molecule has 2 aromatic rings. The van der Waals surface area contributed by atoms with E-state index in [0.29, 0.717) is 25.2 Å². The van der Waals surface area contributed by atoms with Crippen molar-refractivity contribution in [2.75, 3.05) is 37.6 Å². The first-order chi connectivity index (χ1) is 14.9. The fourth-order valence-electron chi connectivity index (χ4n) is 4.34. The highest BCUT2D eigenvalue weighted by molar-refractivity contribution is 7.89. The van der Waals surface area contributed by atoms with Crippen LogP contribution in [0.1, 0.15) is 48.7 Å². The van der Waals surface area contributed by atoms with Crippen LogP contribution in [0.3, 0.4) is 0 Å². The number of sulfonamides is 1. The van der Waals surface area contributed by atoms with Crippen molar-refractivity contribution in [2.24, 2.45) is 0 Å². The van der Waals surface area contributed by atoms with Crippen molar-refractivity contribution in [2.45, 2.75) is 50.5 Å². The van der Waals surface area contributed by atoms with E-state index in [9.17, 15) is 13.2 Å². The van der Waals surface area contributed by atoms with Crippen LogP contribution in [0.15, 0.2) is 34.5 Å². The second-order valence-corrected chi connectivity index (χ2v) is 11.1. The average Bonchev–Trinajstić information content (AvgIpc) is 3.05. The molecule has 31 heavy (non-hydrogen) atoms. The van der Waals surface area contributed by atoms with E-state index < -0.39 is 10.0 Å². The van der Waals surface area contributed by atoms with Crippen molar-refractivity contribution in [3.63, 3.8) is 0 Å². The Morgan fingerprint density at radius 3 is 2.68 bits per heavy atom. The fraction of sp³-hybridized carbons (Fsp3) is 0.545. The number of amides is 1. The van der Waals surface area contributed by atoms with Crippen LogP contribution in [0.2, 0.25) is 0 Å². The zero-order valence-electron chi connectivity index (χ0n) is 18.2. The molecule has 0 bridgehead atoms. The van der Waals surface area contributed by atoms with E-state index in [-0.39, 0.29) is 16.8 Å². The van der Waals surface area contributed by atoms with E-state index in [1.165, 1.54) is 0 Å². The Balaban J connectivity index is 1.49. The molecule has 0 spiro atoms. The van der Waals surface area contributed by atoms with Crippen LogP contribution in [0.4, 0.5) is 5.13 Å². The number of benzene rings is 1. The predicted molar refractivity (Wildman–Crippen MR) is 123 cm³/mol. The molecule has 0 aliphatic carbocycles. The lowest BCUT2D eigenvalue weighted by Crippen LogP contribution is -2.42. The zero-order chi connectivity index (χ0) is 22.0. The smallest absolute Gasteiger partial charge is 0.253 e. The van der Waals surface area contributed by atoms with Crippen LogP contribution in [0.25, 0.3) is 0 Å². The van der Waals surface area contributed by atoms with Gasteiger partial charge in [0.05, 0.1) is 10.6 Å². The maximum absolute atomic E-state index is 13.2. The summed E-state index contributed by atoms with van der Waals surface area (Å²) in [5.41, 5.74) is 1.45. The summed E-state index contributed by atoms with van der Waals surface area (Å²) in [6, 6.07) is 6.53. The Hall–Kier alpha value is -1.97. The number of carbonyl (C=O) groups excluding carboxylic acids is 1.